The van der Waals surface area contributed by atoms with Crippen molar-refractivity contribution in [2.75, 3.05) is 25.0 Å². The number of hydrogen-bond acceptors (Lipinski definition) is 5. The number of nitrogens with one attached hydrogen (secondary N) is 1. The highest BCUT2D eigenvalue weighted by Crippen LogP contribution is 2.25. The third-order valence-electron chi connectivity index (χ3n) is 5.54. The first-order chi connectivity index (χ1) is 13.8. The molecule has 1 aliphatic heterocycles. The summed E-state index contributed by atoms with van der Waals surface area (Å²) in [6.45, 7) is 1.81. The first-order valence-electron chi connectivity index (χ1n) is 10.1. The number of sulfone groups is 1. The summed E-state index contributed by atoms with van der Waals surface area (Å²) in [5.41, 5.74) is 0.374. The number of alkyl halides is 2. The molecule has 1 aromatic carbocycles. The number of amides is 1. The fourth-order valence-corrected chi connectivity index (χ4v) is 4.63. The van der Waals surface area contributed by atoms with Crippen molar-refractivity contribution >= 4 is 21.4 Å². The SMILES string of the molecule is O=C(CN1CCC(OC2CCCCC2)CC1)Nc1ccc(S(=O)(=O)C(F)F)cc1. The second-order valence-electron chi connectivity index (χ2n) is 7.75. The van der Waals surface area contributed by atoms with Gasteiger partial charge in [-0.1, -0.05) is 19.3 Å². The van der Waals surface area contributed by atoms with Crippen molar-refractivity contribution in [1.29, 1.82) is 0 Å². The van der Waals surface area contributed by atoms with Gasteiger partial charge in [-0.3, -0.25) is 9.69 Å². The van der Waals surface area contributed by atoms with E-state index in [1.165, 1.54) is 31.4 Å². The van der Waals surface area contributed by atoms with Crippen LogP contribution in [0.15, 0.2) is 29.2 Å². The van der Waals surface area contributed by atoms with E-state index in [-0.39, 0.29) is 18.6 Å². The van der Waals surface area contributed by atoms with Gasteiger partial charge in [-0.2, -0.15) is 8.78 Å². The Bertz CT molecular complexity index is 772. The zero-order valence-electron chi connectivity index (χ0n) is 16.4. The summed E-state index contributed by atoms with van der Waals surface area (Å²) in [5.74, 6) is -3.69. The van der Waals surface area contributed by atoms with Gasteiger partial charge < -0.3 is 10.1 Å². The fourth-order valence-electron chi connectivity index (χ4n) is 3.91. The normalized spacial score (nSPS) is 20.1. The molecule has 1 heterocycles. The molecule has 1 aromatic rings. The van der Waals surface area contributed by atoms with E-state index in [2.05, 4.69) is 10.2 Å². The van der Waals surface area contributed by atoms with Gasteiger partial charge in [0.1, 0.15) is 0 Å². The number of rotatable bonds is 7. The molecule has 6 nitrogen and oxygen atoms in total. The summed E-state index contributed by atoms with van der Waals surface area (Å²) in [6, 6.07) is 4.78. The molecule has 0 unspecified atom stereocenters. The van der Waals surface area contributed by atoms with Crippen LogP contribution < -0.4 is 5.32 Å². The molecule has 1 saturated carbocycles. The van der Waals surface area contributed by atoms with Crippen molar-refractivity contribution in [2.45, 2.75) is 67.8 Å². The van der Waals surface area contributed by atoms with E-state index in [0.717, 1.165) is 50.9 Å². The van der Waals surface area contributed by atoms with Crippen LogP contribution in [0.2, 0.25) is 0 Å². The molecule has 1 N–H and O–H groups in total. The molecule has 0 aromatic heterocycles. The standard InChI is InChI=1S/C20H28F2N2O4S/c21-20(22)29(26,27)18-8-6-15(7-9-18)23-19(25)14-24-12-10-17(11-13-24)28-16-4-2-1-3-5-16/h6-9,16-17,20H,1-5,10-14H2,(H,23,25). The monoisotopic (exact) mass is 430 g/mol. The Hall–Kier alpha value is -1.58. The van der Waals surface area contributed by atoms with Crippen molar-refractivity contribution in [2.24, 2.45) is 0 Å². The van der Waals surface area contributed by atoms with Gasteiger partial charge in [-0.05, 0) is 49.9 Å². The first-order valence-corrected chi connectivity index (χ1v) is 11.7. The maximum atomic E-state index is 12.6. The smallest absolute Gasteiger partial charge is 0.341 e. The van der Waals surface area contributed by atoms with Crippen LogP contribution in [0.25, 0.3) is 0 Å². The highest BCUT2D eigenvalue weighted by molar-refractivity contribution is 7.91. The van der Waals surface area contributed by atoms with Gasteiger partial charge in [-0.25, -0.2) is 8.42 Å². The van der Waals surface area contributed by atoms with Crippen molar-refractivity contribution < 1.29 is 26.7 Å². The Morgan fingerprint density at radius 1 is 1.03 bits per heavy atom. The minimum Gasteiger partial charge on any atom is -0.375 e. The fraction of sp³-hybridized carbons (Fsp3) is 0.650. The quantitative estimate of drug-likeness (QED) is 0.717. The average Bonchev–Trinajstić information content (AvgIpc) is 2.70. The molecule has 3 rings (SSSR count). The second kappa shape index (κ2) is 9.95. The van der Waals surface area contributed by atoms with Gasteiger partial charge in [0, 0.05) is 18.8 Å². The molecule has 0 atom stereocenters. The van der Waals surface area contributed by atoms with E-state index in [1.807, 2.05) is 0 Å². The van der Waals surface area contributed by atoms with Crippen LogP contribution in [0.4, 0.5) is 14.5 Å². The Kier molecular flexibility index (Phi) is 7.59. The molecule has 1 aliphatic carbocycles. The van der Waals surface area contributed by atoms with E-state index in [9.17, 15) is 22.0 Å². The number of carbonyl (C=O) groups excluding carboxylic acids is 1. The summed E-state index contributed by atoms with van der Waals surface area (Å²) in [5, 5.41) is 2.68. The number of halogens is 2. The van der Waals surface area contributed by atoms with Crippen molar-refractivity contribution in [3.63, 3.8) is 0 Å². The summed E-state index contributed by atoms with van der Waals surface area (Å²) in [6.07, 6.45) is 8.58. The lowest BCUT2D eigenvalue weighted by atomic mass is 9.97. The number of likely N-dealkylation sites (tertiary alicyclic amines) is 1. The van der Waals surface area contributed by atoms with Crippen LogP contribution in [0.1, 0.15) is 44.9 Å². The van der Waals surface area contributed by atoms with Gasteiger partial charge in [-0.15, -0.1) is 0 Å². The van der Waals surface area contributed by atoms with Crippen molar-refractivity contribution in [1.82, 2.24) is 4.90 Å². The number of ether oxygens (including phenoxy) is 1. The van der Waals surface area contributed by atoms with Gasteiger partial charge in [0.2, 0.25) is 15.7 Å². The Balaban J connectivity index is 1.42. The van der Waals surface area contributed by atoms with E-state index >= 15 is 0 Å². The van der Waals surface area contributed by atoms with Crippen LogP contribution in [0.5, 0.6) is 0 Å². The van der Waals surface area contributed by atoms with Gasteiger partial charge in [0.25, 0.3) is 0 Å². The number of anilines is 1. The third-order valence-corrected chi connectivity index (χ3v) is 6.94. The maximum Gasteiger partial charge on any atom is 0.341 e. The summed E-state index contributed by atoms with van der Waals surface area (Å²) in [4.78, 5) is 13.8. The molecule has 1 saturated heterocycles. The molecule has 2 aliphatic rings. The van der Waals surface area contributed by atoms with Crippen molar-refractivity contribution in [3.05, 3.63) is 24.3 Å². The molecule has 0 radical (unpaired) electrons. The van der Waals surface area contributed by atoms with Gasteiger partial charge in [0.15, 0.2) is 0 Å². The predicted octanol–water partition coefficient (Wildman–Crippen LogP) is 3.44. The van der Waals surface area contributed by atoms with Crippen LogP contribution in [-0.4, -0.2) is 56.8 Å². The molecule has 0 spiro atoms. The summed E-state index contributed by atoms with van der Waals surface area (Å²) in [7, 11) is -4.63. The molecule has 0 bridgehead atoms. The lowest BCUT2D eigenvalue weighted by Crippen LogP contribution is -2.42. The summed E-state index contributed by atoms with van der Waals surface area (Å²) >= 11 is 0. The molecule has 1 amide bonds. The molecular weight excluding hydrogens is 402 g/mol. The maximum absolute atomic E-state index is 12.6. The van der Waals surface area contributed by atoms with Crippen LogP contribution >= 0.6 is 0 Å². The number of benzene rings is 1. The Morgan fingerprint density at radius 2 is 1.62 bits per heavy atom. The zero-order valence-corrected chi connectivity index (χ0v) is 17.2. The number of nitrogens with zero attached hydrogens (tertiary/aromatic N) is 1. The molecule has 29 heavy (non-hydrogen) atoms. The van der Waals surface area contributed by atoms with Crippen LogP contribution in [0.3, 0.4) is 0 Å². The number of carbonyl (C=O) groups is 1. The van der Waals surface area contributed by atoms with Crippen LogP contribution in [0, 0.1) is 0 Å². The van der Waals surface area contributed by atoms with Crippen LogP contribution in [-0.2, 0) is 19.4 Å². The first kappa shape index (κ1) is 22.1. The third kappa shape index (κ3) is 6.20. The topological polar surface area (TPSA) is 75.7 Å². The summed E-state index contributed by atoms with van der Waals surface area (Å²) < 4.78 is 54.2. The van der Waals surface area contributed by atoms with E-state index in [1.54, 1.807) is 0 Å². The Labute approximate surface area is 170 Å². The molecular formula is C20H28F2N2O4S. The van der Waals surface area contributed by atoms with E-state index < -0.39 is 20.5 Å². The number of piperidine rings is 1. The molecule has 9 heteroatoms. The van der Waals surface area contributed by atoms with Gasteiger partial charge >= 0.3 is 5.76 Å². The average molecular weight is 431 g/mol. The second-order valence-corrected chi connectivity index (χ2v) is 9.67. The number of hydrogen-bond donors (Lipinski definition) is 1. The minimum atomic E-state index is -4.63. The van der Waals surface area contributed by atoms with Gasteiger partial charge in [0.05, 0.1) is 23.6 Å². The highest BCUT2D eigenvalue weighted by atomic mass is 32.2. The van der Waals surface area contributed by atoms with E-state index in [4.69, 9.17) is 4.74 Å². The predicted molar refractivity (Wildman–Crippen MR) is 106 cm³/mol. The minimum absolute atomic E-state index is 0.221. The van der Waals surface area contributed by atoms with Crippen molar-refractivity contribution in [3.8, 4) is 0 Å². The zero-order chi connectivity index (χ0) is 20.9. The highest BCUT2D eigenvalue weighted by Gasteiger charge is 2.27. The van der Waals surface area contributed by atoms with E-state index in [0.29, 0.717) is 11.8 Å². The molecule has 2 fully saturated rings. The lowest BCUT2D eigenvalue weighted by molar-refractivity contribution is -0.118. The molecule has 162 valence electrons. The Morgan fingerprint density at radius 3 is 2.21 bits per heavy atom. The largest absolute Gasteiger partial charge is 0.375 e. The lowest BCUT2D eigenvalue weighted by Gasteiger charge is -2.34.